The summed E-state index contributed by atoms with van der Waals surface area (Å²) in [7, 11) is 0. The van der Waals surface area contributed by atoms with Gasteiger partial charge in [-0.15, -0.1) is 0 Å². The Labute approximate surface area is 182 Å². The molecule has 0 bridgehead atoms. The molecule has 2 aliphatic rings. The predicted octanol–water partition coefficient (Wildman–Crippen LogP) is 1.42. The van der Waals surface area contributed by atoms with Crippen molar-refractivity contribution >= 4 is 29.1 Å². The second-order valence-electron chi connectivity index (χ2n) is 8.45. The van der Waals surface area contributed by atoms with Crippen LogP contribution in [0.4, 0.5) is 5.69 Å². The monoisotopic (exact) mass is 428 g/mol. The molecule has 0 aromatic carbocycles. The molecule has 3 rings (SSSR count). The van der Waals surface area contributed by atoms with E-state index in [-0.39, 0.29) is 35.7 Å². The lowest BCUT2D eigenvalue weighted by Crippen LogP contribution is -2.51. The lowest BCUT2D eigenvalue weighted by Gasteiger charge is -2.31. The molecular weight excluding hydrogens is 396 g/mol. The highest BCUT2D eigenvalue weighted by molar-refractivity contribution is 6.44. The van der Waals surface area contributed by atoms with Gasteiger partial charge < -0.3 is 21.3 Å². The number of likely N-dealkylation sites (tertiary alicyclic amines) is 1. The Morgan fingerprint density at radius 1 is 1.23 bits per heavy atom. The topological polar surface area (TPSA) is 141 Å². The predicted molar refractivity (Wildman–Crippen MR) is 118 cm³/mol. The van der Waals surface area contributed by atoms with E-state index in [1.54, 1.807) is 4.90 Å². The van der Waals surface area contributed by atoms with Crippen molar-refractivity contribution in [3.63, 3.8) is 0 Å². The molecule has 1 saturated carbocycles. The minimum Gasteiger partial charge on any atom is -0.374 e. The van der Waals surface area contributed by atoms with Gasteiger partial charge in [0.05, 0.1) is 18.4 Å². The van der Waals surface area contributed by atoms with Crippen molar-refractivity contribution in [3.8, 4) is 0 Å². The Morgan fingerprint density at radius 3 is 2.68 bits per heavy atom. The summed E-state index contributed by atoms with van der Waals surface area (Å²) in [5, 5.41) is 13.9. The summed E-state index contributed by atoms with van der Waals surface area (Å²) in [5.41, 5.74) is 5.52. The number of carbonyl (C=O) groups is 3. The lowest BCUT2D eigenvalue weighted by molar-refractivity contribution is -0.137. The number of hydrogen-bond donors (Lipinski definition) is 4. The van der Waals surface area contributed by atoms with Gasteiger partial charge >= 0.3 is 0 Å². The van der Waals surface area contributed by atoms with Crippen LogP contribution in [-0.4, -0.2) is 58.5 Å². The lowest BCUT2D eigenvalue weighted by atomic mass is 9.84. The van der Waals surface area contributed by atoms with E-state index in [1.807, 2.05) is 0 Å². The summed E-state index contributed by atoms with van der Waals surface area (Å²) in [6.45, 7) is 2.54. The number of carbonyl (C=O) groups excluding carboxylic acids is 3. The molecule has 9 nitrogen and oxygen atoms in total. The average Bonchev–Trinajstić information content (AvgIpc) is 3.28. The standard InChI is InChI=1S/C22H32N6O3/c1-14(15-6-3-2-4-7-15)27-22(31)18-8-5-11-28(18)19(29)13-26-17-12-25-10-9-16(17)20(23)21(24)30/h9-10,12,14-15,18,23,26H,2-8,11,13H2,1H3,(H2,24,30)(H,27,31). The van der Waals surface area contributed by atoms with Crippen LogP contribution in [0.5, 0.6) is 0 Å². The molecule has 5 N–H and O–H groups in total. The number of rotatable bonds is 8. The number of primary amides is 1. The zero-order valence-corrected chi connectivity index (χ0v) is 18.0. The van der Waals surface area contributed by atoms with E-state index in [4.69, 9.17) is 11.1 Å². The van der Waals surface area contributed by atoms with Crippen LogP contribution in [0.15, 0.2) is 18.5 Å². The number of anilines is 1. The van der Waals surface area contributed by atoms with Gasteiger partial charge in [-0.25, -0.2) is 0 Å². The third-order valence-electron chi connectivity index (χ3n) is 6.37. The SMILES string of the molecule is CC(NC(=O)C1CCCN1C(=O)CNc1cnccc1C(=N)C(N)=O)C1CCCCC1. The highest BCUT2D eigenvalue weighted by Crippen LogP contribution is 2.27. The number of hydrogen-bond acceptors (Lipinski definition) is 6. The first-order valence-electron chi connectivity index (χ1n) is 11.0. The van der Waals surface area contributed by atoms with Gasteiger partial charge in [-0.1, -0.05) is 19.3 Å². The first kappa shape index (κ1) is 22.7. The summed E-state index contributed by atoms with van der Waals surface area (Å²) in [6.07, 6.45) is 10.3. The van der Waals surface area contributed by atoms with Gasteiger partial charge in [0, 0.05) is 24.3 Å². The molecule has 2 atom stereocenters. The van der Waals surface area contributed by atoms with Crippen LogP contribution >= 0.6 is 0 Å². The summed E-state index contributed by atoms with van der Waals surface area (Å²) >= 11 is 0. The molecule has 0 spiro atoms. The van der Waals surface area contributed by atoms with Gasteiger partial charge in [0.25, 0.3) is 5.91 Å². The Kier molecular flexibility index (Phi) is 7.59. The third-order valence-corrected chi connectivity index (χ3v) is 6.37. The molecule has 2 fully saturated rings. The van der Waals surface area contributed by atoms with Crippen molar-refractivity contribution in [3.05, 3.63) is 24.0 Å². The quantitative estimate of drug-likeness (QED) is 0.463. The molecule has 1 aromatic rings. The van der Waals surface area contributed by atoms with Crippen LogP contribution in [0.1, 0.15) is 57.4 Å². The van der Waals surface area contributed by atoms with E-state index in [9.17, 15) is 14.4 Å². The van der Waals surface area contributed by atoms with E-state index in [0.717, 1.165) is 19.3 Å². The van der Waals surface area contributed by atoms with Crippen LogP contribution in [0, 0.1) is 11.3 Å². The van der Waals surface area contributed by atoms with E-state index < -0.39 is 11.9 Å². The molecule has 1 aromatic heterocycles. The molecule has 31 heavy (non-hydrogen) atoms. The van der Waals surface area contributed by atoms with Crippen molar-refractivity contribution in [2.45, 2.75) is 64.0 Å². The van der Waals surface area contributed by atoms with Crippen LogP contribution < -0.4 is 16.4 Å². The van der Waals surface area contributed by atoms with Crippen LogP contribution in [-0.2, 0) is 14.4 Å². The molecule has 1 aliphatic heterocycles. The fourth-order valence-corrected chi connectivity index (χ4v) is 4.57. The normalized spacial score (nSPS) is 20.2. The Hall–Kier alpha value is -2.97. The molecule has 1 aliphatic carbocycles. The highest BCUT2D eigenvalue weighted by atomic mass is 16.2. The average molecular weight is 429 g/mol. The van der Waals surface area contributed by atoms with Gasteiger partial charge in [-0.3, -0.25) is 24.8 Å². The molecule has 0 radical (unpaired) electrons. The number of pyridine rings is 1. The van der Waals surface area contributed by atoms with Crippen LogP contribution in [0.2, 0.25) is 0 Å². The maximum Gasteiger partial charge on any atom is 0.267 e. The summed E-state index contributed by atoms with van der Waals surface area (Å²) in [6, 6.07) is 1.15. The second kappa shape index (κ2) is 10.4. The number of nitrogens with one attached hydrogen (secondary N) is 3. The van der Waals surface area contributed by atoms with Crippen molar-refractivity contribution in [2.24, 2.45) is 11.7 Å². The van der Waals surface area contributed by atoms with Crippen molar-refractivity contribution in [1.29, 1.82) is 5.41 Å². The molecule has 2 unspecified atom stereocenters. The van der Waals surface area contributed by atoms with E-state index >= 15 is 0 Å². The Balaban J connectivity index is 1.58. The molecule has 1 saturated heterocycles. The number of nitrogens with two attached hydrogens (primary N) is 1. The minimum atomic E-state index is -0.857. The number of aromatic nitrogens is 1. The Morgan fingerprint density at radius 2 is 1.97 bits per heavy atom. The van der Waals surface area contributed by atoms with E-state index in [2.05, 4.69) is 22.5 Å². The molecule has 168 valence electrons. The first-order valence-corrected chi connectivity index (χ1v) is 11.0. The highest BCUT2D eigenvalue weighted by Gasteiger charge is 2.35. The zero-order chi connectivity index (χ0) is 22.4. The van der Waals surface area contributed by atoms with Gasteiger partial charge in [-0.05, 0) is 44.6 Å². The van der Waals surface area contributed by atoms with Crippen molar-refractivity contribution in [2.75, 3.05) is 18.4 Å². The van der Waals surface area contributed by atoms with Crippen LogP contribution in [0.3, 0.4) is 0 Å². The van der Waals surface area contributed by atoms with Gasteiger partial charge in [-0.2, -0.15) is 0 Å². The van der Waals surface area contributed by atoms with Crippen molar-refractivity contribution in [1.82, 2.24) is 15.2 Å². The van der Waals surface area contributed by atoms with Gasteiger partial charge in [0.15, 0.2) is 0 Å². The van der Waals surface area contributed by atoms with Gasteiger partial charge in [0.2, 0.25) is 11.8 Å². The smallest absolute Gasteiger partial charge is 0.267 e. The minimum absolute atomic E-state index is 0.0628. The number of nitrogens with zero attached hydrogens (tertiary/aromatic N) is 2. The maximum atomic E-state index is 12.9. The molecule has 3 amide bonds. The fraction of sp³-hybridized carbons (Fsp3) is 0.591. The van der Waals surface area contributed by atoms with Crippen molar-refractivity contribution < 1.29 is 14.4 Å². The van der Waals surface area contributed by atoms with Gasteiger partial charge in [0.1, 0.15) is 11.8 Å². The third kappa shape index (κ3) is 5.59. The summed E-state index contributed by atoms with van der Waals surface area (Å²) in [4.78, 5) is 42.7. The second-order valence-corrected chi connectivity index (χ2v) is 8.45. The molecule has 9 heteroatoms. The summed E-state index contributed by atoms with van der Waals surface area (Å²) in [5.74, 6) is -0.636. The zero-order valence-electron chi connectivity index (χ0n) is 18.0. The fourth-order valence-electron chi connectivity index (χ4n) is 4.57. The molecule has 2 heterocycles. The Bertz CT molecular complexity index is 836. The maximum absolute atomic E-state index is 12.9. The van der Waals surface area contributed by atoms with Crippen LogP contribution in [0.25, 0.3) is 0 Å². The largest absolute Gasteiger partial charge is 0.374 e. The van der Waals surface area contributed by atoms with E-state index in [1.165, 1.54) is 37.7 Å². The summed E-state index contributed by atoms with van der Waals surface area (Å²) < 4.78 is 0. The number of amides is 3. The first-order chi connectivity index (χ1) is 14.9. The molecular formula is C22H32N6O3. The van der Waals surface area contributed by atoms with E-state index in [0.29, 0.717) is 24.6 Å².